The fraction of sp³-hybridized carbons (Fsp3) is 0.250. The molecule has 28 heavy (non-hydrogen) atoms. The summed E-state index contributed by atoms with van der Waals surface area (Å²) in [5.41, 5.74) is 2.74. The number of hydrogen-bond donors (Lipinski definition) is 1. The average molecular weight is 445 g/mol. The van der Waals surface area contributed by atoms with Crippen molar-refractivity contribution in [3.63, 3.8) is 0 Å². The molecule has 0 aliphatic heterocycles. The van der Waals surface area contributed by atoms with Crippen molar-refractivity contribution in [2.24, 2.45) is 0 Å². The van der Waals surface area contributed by atoms with Crippen molar-refractivity contribution >= 4 is 21.8 Å². The van der Waals surface area contributed by atoms with E-state index >= 15 is 0 Å². The number of aromatic nitrogens is 3. The van der Waals surface area contributed by atoms with Crippen LogP contribution in [0.25, 0.3) is 5.69 Å². The Morgan fingerprint density at radius 2 is 1.86 bits per heavy atom. The van der Waals surface area contributed by atoms with Crippen molar-refractivity contribution in [2.45, 2.75) is 19.4 Å². The van der Waals surface area contributed by atoms with Gasteiger partial charge in [0.25, 0.3) is 0 Å². The maximum atomic E-state index is 12.5. The molecule has 0 spiro atoms. The molecule has 7 nitrogen and oxygen atoms in total. The van der Waals surface area contributed by atoms with Gasteiger partial charge in [-0.3, -0.25) is 4.79 Å². The molecule has 3 rings (SSSR count). The van der Waals surface area contributed by atoms with E-state index in [2.05, 4.69) is 31.3 Å². The van der Waals surface area contributed by atoms with Gasteiger partial charge in [-0.2, -0.15) is 5.10 Å². The van der Waals surface area contributed by atoms with Crippen LogP contribution in [0.3, 0.4) is 0 Å². The zero-order valence-electron chi connectivity index (χ0n) is 15.8. The molecule has 0 fully saturated rings. The Bertz CT molecular complexity index is 943. The summed E-state index contributed by atoms with van der Waals surface area (Å²) in [7, 11) is 3.15. The summed E-state index contributed by atoms with van der Waals surface area (Å²) in [5.74, 6) is 1.12. The first-order valence-electron chi connectivity index (χ1n) is 8.66. The minimum absolute atomic E-state index is 0.0826. The predicted molar refractivity (Wildman–Crippen MR) is 109 cm³/mol. The van der Waals surface area contributed by atoms with Gasteiger partial charge in [0.1, 0.15) is 12.7 Å². The number of rotatable bonds is 7. The summed E-state index contributed by atoms with van der Waals surface area (Å²) in [6.45, 7) is 1.95. The second kappa shape index (κ2) is 8.88. The van der Waals surface area contributed by atoms with Crippen molar-refractivity contribution < 1.29 is 14.3 Å². The van der Waals surface area contributed by atoms with Crippen LogP contribution in [0.5, 0.6) is 11.5 Å². The van der Waals surface area contributed by atoms with E-state index < -0.39 is 0 Å². The number of methoxy groups -OCH3 is 2. The topological polar surface area (TPSA) is 78.3 Å². The first-order chi connectivity index (χ1) is 13.5. The van der Waals surface area contributed by atoms with E-state index in [0.29, 0.717) is 11.5 Å². The Morgan fingerprint density at radius 1 is 1.18 bits per heavy atom. The summed E-state index contributed by atoms with van der Waals surface area (Å²) >= 11 is 3.49. The standard InChI is InChI=1S/C20H21BrN4O3/c1-13(14-4-6-16(7-5-14)25-12-22-11-23-25)24-20(26)9-15-8-18(27-2)19(28-3)10-17(15)21/h4-8,10-13H,9H2,1-3H3,(H,24,26). The fourth-order valence-corrected chi connectivity index (χ4v) is 3.30. The first kappa shape index (κ1) is 19.9. The number of hydrogen-bond acceptors (Lipinski definition) is 5. The third-order valence-corrected chi connectivity index (χ3v) is 5.10. The van der Waals surface area contributed by atoms with Gasteiger partial charge < -0.3 is 14.8 Å². The highest BCUT2D eigenvalue weighted by Gasteiger charge is 2.15. The van der Waals surface area contributed by atoms with Gasteiger partial charge in [0.2, 0.25) is 5.91 Å². The van der Waals surface area contributed by atoms with Crippen LogP contribution in [-0.4, -0.2) is 34.9 Å². The van der Waals surface area contributed by atoms with Gasteiger partial charge in [-0.1, -0.05) is 28.1 Å². The summed E-state index contributed by atoms with van der Waals surface area (Å²) in [5, 5.41) is 7.13. The second-order valence-electron chi connectivity index (χ2n) is 6.20. The van der Waals surface area contributed by atoms with E-state index in [-0.39, 0.29) is 18.4 Å². The highest BCUT2D eigenvalue weighted by atomic mass is 79.9. The maximum Gasteiger partial charge on any atom is 0.224 e. The smallest absolute Gasteiger partial charge is 0.224 e. The Morgan fingerprint density at radius 3 is 2.46 bits per heavy atom. The largest absolute Gasteiger partial charge is 0.493 e. The number of halogens is 1. The van der Waals surface area contributed by atoms with Gasteiger partial charge in [0.05, 0.1) is 32.4 Å². The van der Waals surface area contributed by atoms with Gasteiger partial charge in [0, 0.05) is 4.47 Å². The van der Waals surface area contributed by atoms with Crippen molar-refractivity contribution in [2.75, 3.05) is 14.2 Å². The second-order valence-corrected chi connectivity index (χ2v) is 7.05. The molecule has 3 aromatic rings. The number of ether oxygens (including phenoxy) is 2. The summed E-state index contributed by atoms with van der Waals surface area (Å²) < 4.78 is 13.1. The zero-order chi connectivity index (χ0) is 20.1. The molecule has 1 unspecified atom stereocenters. The minimum Gasteiger partial charge on any atom is -0.493 e. The number of amides is 1. The molecule has 0 bridgehead atoms. The molecule has 8 heteroatoms. The third kappa shape index (κ3) is 4.51. The van der Waals surface area contributed by atoms with Gasteiger partial charge in [-0.05, 0) is 42.3 Å². The van der Waals surface area contributed by atoms with Gasteiger partial charge in [0.15, 0.2) is 11.5 Å². The Kier molecular flexibility index (Phi) is 6.30. The van der Waals surface area contributed by atoms with Crippen LogP contribution in [0.1, 0.15) is 24.1 Å². The summed E-state index contributed by atoms with van der Waals surface area (Å²) in [4.78, 5) is 16.5. The third-order valence-electron chi connectivity index (χ3n) is 4.36. The molecule has 146 valence electrons. The maximum absolute atomic E-state index is 12.5. The molecule has 0 saturated carbocycles. The number of carbonyl (C=O) groups excluding carboxylic acids is 1. The Hall–Kier alpha value is -2.87. The van der Waals surface area contributed by atoms with Gasteiger partial charge >= 0.3 is 0 Å². The molecular weight excluding hydrogens is 424 g/mol. The van der Waals surface area contributed by atoms with Crippen LogP contribution in [0.15, 0.2) is 53.5 Å². The summed E-state index contributed by atoms with van der Waals surface area (Å²) in [6.07, 6.45) is 3.35. The van der Waals surface area contributed by atoms with E-state index in [1.165, 1.54) is 6.33 Å². The first-order valence-corrected chi connectivity index (χ1v) is 9.46. The molecule has 0 aliphatic rings. The molecule has 0 saturated heterocycles. The van der Waals surface area contributed by atoms with Crippen LogP contribution < -0.4 is 14.8 Å². The van der Waals surface area contributed by atoms with Crippen molar-refractivity contribution in [3.8, 4) is 17.2 Å². The lowest BCUT2D eigenvalue weighted by molar-refractivity contribution is -0.121. The molecule has 1 N–H and O–H groups in total. The highest BCUT2D eigenvalue weighted by Crippen LogP contribution is 2.33. The highest BCUT2D eigenvalue weighted by molar-refractivity contribution is 9.10. The number of nitrogens with zero attached hydrogens (tertiary/aromatic N) is 3. The van der Waals surface area contributed by atoms with Crippen LogP contribution >= 0.6 is 15.9 Å². The number of nitrogens with one attached hydrogen (secondary N) is 1. The lowest BCUT2D eigenvalue weighted by Gasteiger charge is -2.16. The molecule has 0 aliphatic carbocycles. The molecule has 0 radical (unpaired) electrons. The molecule has 2 aromatic carbocycles. The lowest BCUT2D eigenvalue weighted by Crippen LogP contribution is -2.28. The number of carbonyl (C=O) groups is 1. The van der Waals surface area contributed by atoms with Crippen LogP contribution in [0.4, 0.5) is 0 Å². The SMILES string of the molecule is COc1cc(Br)c(CC(=O)NC(C)c2ccc(-n3cncn3)cc2)cc1OC. The van der Waals surface area contributed by atoms with E-state index in [4.69, 9.17) is 9.47 Å². The quantitative estimate of drug-likeness (QED) is 0.603. The Labute approximate surface area is 171 Å². The van der Waals surface area contributed by atoms with E-state index in [9.17, 15) is 4.79 Å². The van der Waals surface area contributed by atoms with Crippen molar-refractivity contribution in [3.05, 3.63) is 64.7 Å². The molecule has 1 aromatic heterocycles. The van der Waals surface area contributed by atoms with Crippen molar-refractivity contribution in [1.82, 2.24) is 20.1 Å². The minimum atomic E-state index is -0.129. The monoisotopic (exact) mass is 444 g/mol. The zero-order valence-corrected chi connectivity index (χ0v) is 17.4. The predicted octanol–water partition coefficient (Wildman–Crippen LogP) is 3.47. The Balaban J connectivity index is 1.66. The van der Waals surface area contributed by atoms with Gasteiger partial charge in [-0.15, -0.1) is 0 Å². The molecule has 1 atom stereocenters. The number of benzene rings is 2. The van der Waals surface area contributed by atoms with Crippen LogP contribution in [-0.2, 0) is 11.2 Å². The molecule has 1 heterocycles. The molecular formula is C20H21BrN4O3. The van der Waals surface area contributed by atoms with E-state index in [1.807, 2.05) is 31.2 Å². The summed E-state index contributed by atoms with van der Waals surface area (Å²) in [6, 6.07) is 11.3. The van der Waals surface area contributed by atoms with Gasteiger partial charge in [-0.25, -0.2) is 9.67 Å². The van der Waals surface area contributed by atoms with Crippen molar-refractivity contribution in [1.29, 1.82) is 0 Å². The van der Waals surface area contributed by atoms with E-state index in [0.717, 1.165) is 21.3 Å². The lowest BCUT2D eigenvalue weighted by atomic mass is 10.1. The molecule has 1 amide bonds. The van der Waals surface area contributed by atoms with E-state index in [1.54, 1.807) is 37.4 Å². The average Bonchev–Trinajstić information content (AvgIpc) is 3.24. The van der Waals surface area contributed by atoms with Crippen LogP contribution in [0, 0.1) is 0 Å². The van der Waals surface area contributed by atoms with Crippen LogP contribution in [0.2, 0.25) is 0 Å². The fourth-order valence-electron chi connectivity index (χ4n) is 2.84. The normalized spacial score (nSPS) is 11.7.